The Morgan fingerprint density at radius 1 is 1.48 bits per heavy atom. The van der Waals surface area contributed by atoms with Crippen LogP contribution in [-0.2, 0) is 30.6 Å². The van der Waals surface area contributed by atoms with E-state index in [1.165, 1.54) is 6.92 Å². The lowest BCUT2D eigenvalue weighted by Crippen LogP contribution is -2.51. The van der Waals surface area contributed by atoms with Crippen LogP contribution in [-0.4, -0.2) is 50.1 Å². The van der Waals surface area contributed by atoms with Crippen LogP contribution in [0.25, 0.3) is 0 Å². The average molecular weight is 430 g/mol. The molecule has 2 atom stereocenters. The van der Waals surface area contributed by atoms with Crippen LogP contribution in [0.3, 0.4) is 0 Å². The third-order valence-electron chi connectivity index (χ3n) is 4.78. The number of nitrogens with one attached hydrogen (secondary N) is 1. The maximum atomic E-state index is 12.6. The fourth-order valence-electron chi connectivity index (χ4n) is 2.66. The second-order valence-corrected chi connectivity index (χ2v) is 9.57. The molecule has 1 unspecified atom stereocenters. The zero-order valence-electron chi connectivity index (χ0n) is 16.7. The molecule has 2 rings (SSSR count). The van der Waals surface area contributed by atoms with Crippen molar-refractivity contribution in [1.82, 2.24) is 10.6 Å². The Morgan fingerprint density at radius 2 is 2.28 bits per heavy atom. The zero-order valence-corrected chi connectivity index (χ0v) is 17.5. The van der Waals surface area contributed by atoms with Crippen molar-refractivity contribution >= 4 is 15.7 Å². The van der Waals surface area contributed by atoms with Gasteiger partial charge in [-0.25, -0.2) is 18.7 Å². The average Bonchev–Trinajstić information content (AvgIpc) is 3.15. The summed E-state index contributed by atoms with van der Waals surface area (Å²) >= 11 is 0. The highest BCUT2D eigenvalue weighted by Gasteiger charge is 2.44. The summed E-state index contributed by atoms with van der Waals surface area (Å²) in [5.74, 6) is 5.04. The van der Waals surface area contributed by atoms with Crippen LogP contribution < -0.4 is 5.48 Å². The lowest BCUT2D eigenvalue weighted by atomic mass is 10.0. The van der Waals surface area contributed by atoms with Crippen LogP contribution in [0.1, 0.15) is 56.9 Å². The summed E-state index contributed by atoms with van der Waals surface area (Å²) in [4.78, 5) is 17.9. The molecule has 1 aliphatic rings. The molecular formula is C19H27FN2O6S. The molecule has 0 aromatic carbocycles. The molecule has 1 fully saturated rings. The van der Waals surface area contributed by atoms with Crippen LogP contribution in [0.15, 0.2) is 10.6 Å². The third kappa shape index (κ3) is 6.80. The molecule has 1 aromatic rings. The summed E-state index contributed by atoms with van der Waals surface area (Å²) in [6.45, 7) is 1.45. The van der Waals surface area contributed by atoms with E-state index in [0.29, 0.717) is 37.3 Å². The topological polar surface area (TPSA) is 108 Å². The Kier molecular flexibility index (Phi) is 8.61. The number of nitrogens with zero attached hydrogens (tertiary/aromatic N) is 1. The third-order valence-corrected chi connectivity index (χ3v) is 6.81. The number of hydrogen-bond acceptors (Lipinski definition) is 7. The summed E-state index contributed by atoms with van der Waals surface area (Å²) in [5.41, 5.74) is 2.71. The van der Waals surface area contributed by atoms with Gasteiger partial charge in [-0.15, -0.1) is 0 Å². The molecule has 0 aliphatic carbocycles. The van der Waals surface area contributed by atoms with Crippen molar-refractivity contribution in [1.29, 1.82) is 0 Å². The fourth-order valence-corrected chi connectivity index (χ4v) is 3.51. The summed E-state index contributed by atoms with van der Waals surface area (Å²) in [6, 6.07) is 1.58. The smallest absolute Gasteiger partial charge is 0.264 e. The predicted molar refractivity (Wildman–Crippen MR) is 103 cm³/mol. The van der Waals surface area contributed by atoms with Crippen LogP contribution >= 0.6 is 0 Å². The van der Waals surface area contributed by atoms with E-state index >= 15 is 0 Å². The van der Waals surface area contributed by atoms with E-state index in [-0.39, 0.29) is 12.8 Å². The van der Waals surface area contributed by atoms with Gasteiger partial charge in [-0.3, -0.25) is 9.18 Å². The maximum Gasteiger partial charge on any atom is 0.264 e. The van der Waals surface area contributed by atoms with Crippen molar-refractivity contribution in [3.05, 3.63) is 17.5 Å². The number of aryl methyl sites for hydroxylation is 1. The Hall–Kier alpha value is -1.96. The standard InChI is InChI=1S/C19H27FN2O6S/c1-19(29(2,24)25,18(23)22-28-17-9-5-7-13-26-17)11-10-15-14-16(27-21-15)8-4-3-6-12-20/h14,17H,3,5-7,9-13H2,1-2H3,(H,22,23)/t17?,19-/m1/s1. The number of hydroxylamine groups is 1. The van der Waals surface area contributed by atoms with Crippen LogP contribution in [0.5, 0.6) is 0 Å². The van der Waals surface area contributed by atoms with Crippen molar-refractivity contribution in [2.75, 3.05) is 19.5 Å². The van der Waals surface area contributed by atoms with E-state index in [2.05, 4.69) is 22.5 Å². The van der Waals surface area contributed by atoms with Gasteiger partial charge in [-0.05, 0) is 44.9 Å². The van der Waals surface area contributed by atoms with Crippen molar-refractivity contribution in [3.63, 3.8) is 0 Å². The zero-order chi connectivity index (χ0) is 21.3. The summed E-state index contributed by atoms with van der Waals surface area (Å²) in [6.07, 6.45) is 3.82. The first-order valence-corrected chi connectivity index (χ1v) is 11.4. The highest BCUT2D eigenvalue weighted by Crippen LogP contribution is 2.24. The van der Waals surface area contributed by atoms with Gasteiger partial charge in [0.1, 0.15) is 4.75 Å². The van der Waals surface area contributed by atoms with Crippen molar-refractivity contribution in [2.24, 2.45) is 0 Å². The van der Waals surface area contributed by atoms with Gasteiger partial charge in [0.25, 0.3) is 5.91 Å². The molecule has 2 heterocycles. The molecule has 0 saturated carbocycles. The van der Waals surface area contributed by atoms with Gasteiger partial charge < -0.3 is 9.26 Å². The van der Waals surface area contributed by atoms with Gasteiger partial charge in [-0.1, -0.05) is 11.1 Å². The molecular weight excluding hydrogens is 403 g/mol. The lowest BCUT2D eigenvalue weighted by Gasteiger charge is -2.28. The van der Waals surface area contributed by atoms with Gasteiger partial charge in [0.15, 0.2) is 16.1 Å². The van der Waals surface area contributed by atoms with E-state index in [1.807, 2.05) is 0 Å². The Balaban J connectivity index is 1.97. The van der Waals surface area contributed by atoms with Crippen molar-refractivity contribution < 1.29 is 31.7 Å². The second-order valence-electron chi connectivity index (χ2n) is 7.13. The first kappa shape index (κ1) is 23.3. The molecule has 10 heteroatoms. The first-order valence-electron chi connectivity index (χ1n) is 9.54. The van der Waals surface area contributed by atoms with Crippen molar-refractivity contribution in [3.8, 4) is 11.8 Å². The number of carbonyl (C=O) groups excluding carboxylic acids is 1. The highest BCUT2D eigenvalue weighted by molar-refractivity contribution is 7.92. The first-order chi connectivity index (χ1) is 13.8. The Morgan fingerprint density at radius 3 is 2.93 bits per heavy atom. The van der Waals surface area contributed by atoms with E-state index in [0.717, 1.165) is 19.1 Å². The second kappa shape index (κ2) is 10.7. The quantitative estimate of drug-likeness (QED) is 0.363. The van der Waals surface area contributed by atoms with Gasteiger partial charge in [0, 0.05) is 31.8 Å². The molecule has 1 amide bonds. The normalized spacial score (nSPS) is 19.1. The van der Waals surface area contributed by atoms with Gasteiger partial charge in [0.2, 0.25) is 5.76 Å². The van der Waals surface area contributed by atoms with E-state index in [4.69, 9.17) is 14.1 Å². The molecule has 29 heavy (non-hydrogen) atoms. The summed E-state index contributed by atoms with van der Waals surface area (Å²) < 4.78 is 45.4. The molecule has 0 radical (unpaired) electrons. The molecule has 1 N–H and O–H groups in total. The number of amides is 1. The number of hydrogen-bond donors (Lipinski definition) is 1. The number of aromatic nitrogens is 1. The van der Waals surface area contributed by atoms with E-state index < -0.39 is 33.5 Å². The van der Waals surface area contributed by atoms with Gasteiger partial charge in [0.05, 0.1) is 12.4 Å². The Labute approximate surface area is 170 Å². The lowest BCUT2D eigenvalue weighted by molar-refractivity contribution is -0.201. The van der Waals surface area contributed by atoms with E-state index in [1.54, 1.807) is 6.07 Å². The number of carbonyl (C=O) groups is 1. The van der Waals surface area contributed by atoms with Crippen molar-refractivity contribution in [2.45, 2.75) is 62.9 Å². The Bertz CT molecular complexity index is 838. The van der Waals surface area contributed by atoms with Gasteiger partial charge in [-0.2, -0.15) is 0 Å². The van der Waals surface area contributed by atoms with E-state index in [9.17, 15) is 17.6 Å². The molecule has 1 aliphatic heterocycles. The monoisotopic (exact) mass is 430 g/mol. The predicted octanol–water partition coefficient (Wildman–Crippen LogP) is 2.09. The molecule has 1 aromatic heterocycles. The molecule has 8 nitrogen and oxygen atoms in total. The van der Waals surface area contributed by atoms with Crippen LogP contribution in [0, 0.1) is 11.8 Å². The van der Waals surface area contributed by atoms with Crippen LogP contribution in [0.4, 0.5) is 4.39 Å². The highest BCUT2D eigenvalue weighted by atomic mass is 32.2. The molecule has 162 valence electrons. The number of sulfone groups is 1. The minimum Gasteiger partial charge on any atom is -0.350 e. The summed E-state index contributed by atoms with van der Waals surface area (Å²) in [5, 5.41) is 3.85. The molecule has 1 saturated heterocycles. The number of unbranched alkanes of at least 4 members (excludes halogenated alkanes) is 1. The molecule has 0 spiro atoms. The summed E-state index contributed by atoms with van der Waals surface area (Å²) in [7, 11) is -3.76. The number of rotatable bonds is 9. The minimum absolute atomic E-state index is 0.0200. The van der Waals surface area contributed by atoms with Crippen LogP contribution in [0.2, 0.25) is 0 Å². The maximum absolute atomic E-state index is 12.6. The largest absolute Gasteiger partial charge is 0.350 e. The molecule has 0 bridgehead atoms. The number of ether oxygens (including phenoxy) is 1. The number of halogens is 1. The minimum atomic E-state index is -3.76. The number of alkyl halides is 1. The fraction of sp³-hybridized carbons (Fsp3) is 0.684. The van der Waals surface area contributed by atoms with Gasteiger partial charge >= 0.3 is 0 Å². The SMILES string of the molecule is C[C@@](CCc1cc(C#CCCCF)on1)(C(=O)NOC1CCCCO1)S(C)(=O)=O.